The van der Waals surface area contributed by atoms with Gasteiger partial charge >= 0.3 is 0 Å². The lowest BCUT2D eigenvalue weighted by molar-refractivity contribution is 0.181. The number of sulfonamides is 1. The van der Waals surface area contributed by atoms with Crippen LogP contribution in [-0.4, -0.2) is 50.9 Å². The first kappa shape index (κ1) is 16.4. The summed E-state index contributed by atoms with van der Waals surface area (Å²) in [5.74, 6) is 0.849. The van der Waals surface area contributed by atoms with Crippen molar-refractivity contribution in [2.45, 2.75) is 10.8 Å². The van der Waals surface area contributed by atoms with Gasteiger partial charge in [0.05, 0.1) is 7.11 Å². The van der Waals surface area contributed by atoms with Crippen LogP contribution >= 0.6 is 11.3 Å². The SMILES string of the molecule is COc1cccc(CN2CCN(S(=O)(=O)c3cccs3)CC2)c1. The van der Waals surface area contributed by atoms with Crippen LogP contribution in [0.25, 0.3) is 0 Å². The van der Waals surface area contributed by atoms with Crippen molar-refractivity contribution in [2.75, 3.05) is 33.3 Å². The first-order valence-corrected chi connectivity index (χ1v) is 9.80. The lowest BCUT2D eigenvalue weighted by Crippen LogP contribution is -2.48. The highest BCUT2D eigenvalue weighted by molar-refractivity contribution is 7.91. The number of piperazine rings is 1. The third-order valence-corrected chi connectivity index (χ3v) is 7.23. The summed E-state index contributed by atoms with van der Waals surface area (Å²) in [5.41, 5.74) is 1.18. The average molecular weight is 352 g/mol. The fraction of sp³-hybridized carbons (Fsp3) is 0.375. The van der Waals surface area contributed by atoms with E-state index in [1.807, 2.05) is 18.2 Å². The van der Waals surface area contributed by atoms with Gasteiger partial charge in [0.15, 0.2) is 0 Å². The first-order chi connectivity index (χ1) is 11.1. The largest absolute Gasteiger partial charge is 0.497 e. The van der Waals surface area contributed by atoms with E-state index in [1.54, 1.807) is 28.9 Å². The smallest absolute Gasteiger partial charge is 0.252 e. The molecule has 3 rings (SSSR count). The molecule has 1 aromatic heterocycles. The monoisotopic (exact) mass is 352 g/mol. The summed E-state index contributed by atoms with van der Waals surface area (Å²) in [6.45, 7) is 3.35. The molecule has 0 atom stereocenters. The molecule has 5 nitrogen and oxygen atoms in total. The molecule has 0 spiro atoms. The fourth-order valence-electron chi connectivity index (χ4n) is 2.69. The normalized spacial score (nSPS) is 17.3. The zero-order valence-electron chi connectivity index (χ0n) is 13.0. The molecule has 0 unspecified atom stereocenters. The molecular weight excluding hydrogens is 332 g/mol. The molecule has 1 aliphatic heterocycles. The Balaban J connectivity index is 1.60. The maximum Gasteiger partial charge on any atom is 0.252 e. The summed E-state index contributed by atoms with van der Waals surface area (Å²) in [4.78, 5) is 2.27. The van der Waals surface area contributed by atoms with Crippen molar-refractivity contribution in [1.29, 1.82) is 0 Å². The van der Waals surface area contributed by atoms with Crippen molar-refractivity contribution in [2.24, 2.45) is 0 Å². The van der Waals surface area contributed by atoms with Crippen molar-refractivity contribution in [3.05, 3.63) is 47.3 Å². The maximum absolute atomic E-state index is 12.5. The Morgan fingerprint density at radius 3 is 2.57 bits per heavy atom. The van der Waals surface area contributed by atoms with Gasteiger partial charge in [-0.3, -0.25) is 4.90 Å². The second-order valence-electron chi connectivity index (χ2n) is 5.46. The second-order valence-corrected chi connectivity index (χ2v) is 8.58. The third kappa shape index (κ3) is 3.74. The summed E-state index contributed by atoms with van der Waals surface area (Å²) in [5, 5.41) is 1.80. The van der Waals surface area contributed by atoms with Gasteiger partial charge in [0.1, 0.15) is 9.96 Å². The minimum absolute atomic E-state index is 0.429. The number of methoxy groups -OCH3 is 1. The molecule has 124 valence electrons. The molecule has 1 aromatic carbocycles. The lowest BCUT2D eigenvalue weighted by Gasteiger charge is -2.33. The molecule has 23 heavy (non-hydrogen) atoms. The predicted molar refractivity (Wildman–Crippen MR) is 91.3 cm³/mol. The van der Waals surface area contributed by atoms with Crippen LogP contribution in [0.1, 0.15) is 5.56 Å². The molecule has 0 amide bonds. The molecule has 2 heterocycles. The van der Waals surface area contributed by atoms with E-state index in [1.165, 1.54) is 16.9 Å². The summed E-state index contributed by atoms with van der Waals surface area (Å²) < 4.78 is 32.3. The van der Waals surface area contributed by atoms with E-state index >= 15 is 0 Å². The van der Waals surface area contributed by atoms with Crippen LogP contribution in [-0.2, 0) is 16.6 Å². The zero-order chi connectivity index (χ0) is 16.3. The summed E-state index contributed by atoms with van der Waals surface area (Å²) in [7, 11) is -1.66. The van der Waals surface area contributed by atoms with Gasteiger partial charge in [-0.25, -0.2) is 8.42 Å². The molecule has 0 bridgehead atoms. The number of hydrogen-bond donors (Lipinski definition) is 0. The van der Waals surface area contributed by atoms with Crippen LogP contribution in [0.2, 0.25) is 0 Å². The van der Waals surface area contributed by atoms with Crippen LogP contribution in [0.5, 0.6) is 5.75 Å². The summed E-state index contributed by atoms with van der Waals surface area (Å²) >= 11 is 1.27. The van der Waals surface area contributed by atoms with E-state index in [9.17, 15) is 8.42 Å². The fourth-order valence-corrected chi connectivity index (χ4v) is 5.26. The number of benzene rings is 1. The van der Waals surface area contributed by atoms with E-state index in [0.717, 1.165) is 25.4 Å². The molecule has 1 fully saturated rings. The van der Waals surface area contributed by atoms with Crippen LogP contribution < -0.4 is 4.74 Å². The van der Waals surface area contributed by atoms with Crippen molar-refractivity contribution in [3.8, 4) is 5.75 Å². The highest BCUT2D eigenvalue weighted by atomic mass is 32.2. The van der Waals surface area contributed by atoms with E-state index in [4.69, 9.17) is 4.74 Å². The van der Waals surface area contributed by atoms with Gasteiger partial charge in [-0.15, -0.1) is 11.3 Å². The Kier molecular flexibility index (Phi) is 5.01. The average Bonchev–Trinajstić information content (AvgIpc) is 3.11. The Morgan fingerprint density at radius 2 is 1.91 bits per heavy atom. The van der Waals surface area contributed by atoms with Crippen molar-refractivity contribution in [1.82, 2.24) is 9.21 Å². The van der Waals surface area contributed by atoms with Gasteiger partial charge < -0.3 is 4.74 Å². The molecule has 7 heteroatoms. The first-order valence-electron chi connectivity index (χ1n) is 7.48. The minimum Gasteiger partial charge on any atom is -0.497 e. The summed E-state index contributed by atoms with van der Waals surface area (Å²) in [6.07, 6.45) is 0. The second kappa shape index (κ2) is 7.00. The number of hydrogen-bond acceptors (Lipinski definition) is 5. The molecule has 0 aliphatic carbocycles. The number of rotatable bonds is 5. The molecular formula is C16H20N2O3S2. The number of thiophene rings is 1. The van der Waals surface area contributed by atoms with Crippen molar-refractivity contribution in [3.63, 3.8) is 0 Å². The quantitative estimate of drug-likeness (QED) is 0.828. The highest BCUT2D eigenvalue weighted by Gasteiger charge is 2.29. The van der Waals surface area contributed by atoms with E-state index in [0.29, 0.717) is 17.3 Å². The number of nitrogens with zero attached hydrogens (tertiary/aromatic N) is 2. The molecule has 2 aromatic rings. The Bertz CT molecular complexity index is 736. The van der Waals surface area contributed by atoms with Gasteiger partial charge in [-0.2, -0.15) is 4.31 Å². The van der Waals surface area contributed by atoms with Gasteiger partial charge in [0.2, 0.25) is 0 Å². The lowest BCUT2D eigenvalue weighted by atomic mass is 10.2. The highest BCUT2D eigenvalue weighted by Crippen LogP contribution is 2.22. The maximum atomic E-state index is 12.5. The van der Waals surface area contributed by atoms with Crippen molar-refractivity contribution < 1.29 is 13.2 Å². The Labute approximate surface area is 141 Å². The van der Waals surface area contributed by atoms with Gasteiger partial charge in [0.25, 0.3) is 10.0 Å². The van der Waals surface area contributed by atoms with Crippen LogP contribution in [0.4, 0.5) is 0 Å². The third-order valence-electron chi connectivity index (χ3n) is 3.96. The standard InChI is InChI=1S/C16H20N2O3S2/c1-21-15-5-2-4-14(12-15)13-17-7-9-18(10-8-17)23(19,20)16-6-3-11-22-16/h2-6,11-12H,7-10,13H2,1H3. The van der Waals surface area contributed by atoms with E-state index in [-0.39, 0.29) is 0 Å². The topological polar surface area (TPSA) is 49.9 Å². The van der Waals surface area contributed by atoms with Crippen molar-refractivity contribution >= 4 is 21.4 Å². The number of ether oxygens (including phenoxy) is 1. The van der Waals surface area contributed by atoms with Crippen LogP contribution in [0.3, 0.4) is 0 Å². The predicted octanol–water partition coefficient (Wildman–Crippen LogP) is 2.26. The van der Waals surface area contributed by atoms with Gasteiger partial charge in [0, 0.05) is 32.7 Å². The molecule has 1 aliphatic rings. The van der Waals surface area contributed by atoms with Gasteiger partial charge in [-0.05, 0) is 29.1 Å². The van der Waals surface area contributed by atoms with Crippen LogP contribution in [0.15, 0.2) is 46.0 Å². The Hall–Kier alpha value is -1.41. The zero-order valence-corrected chi connectivity index (χ0v) is 14.6. The van der Waals surface area contributed by atoms with E-state index < -0.39 is 10.0 Å². The summed E-state index contributed by atoms with van der Waals surface area (Å²) in [6, 6.07) is 11.4. The minimum atomic E-state index is -3.32. The Morgan fingerprint density at radius 1 is 1.13 bits per heavy atom. The van der Waals surface area contributed by atoms with E-state index in [2.05, 4.69) is 11.0 Å². The van der Waals surface area contributed by atoms with Crippen LogP contribution in [0, 0.1) is 0 Å². The van der Waals surface area contributed by atoms with Gasteiger partial charge in [-0.1, -0.05) is 18.2 Å². The molecule has 0 radical (unpaired) electrons. The molecule has 0 saturated carbocycles. The molecule has 0 N–H and O–H groups in total. The molecule has 1 saturated heterocycles.